The number of rotatable bonds is 7. The summed E-state index contributed by atoms with van der Waals surface area (Å²) in [6.07, 6.45) is 2.97. The smallest absolute Gasteiger partial charge is 0.337 e. The second-order valence-electron chi connectivity index (χ2n) is 6.42. The first-order valence-electron chi connectivity index (χ1n) is 9.45. The van der Waals surface area contributed by atoms with Crippen LogP contribution in [0.5, 0.6) is 0 Å². The molecule has 29 heavy (non-hydrogen) atoms. The molecule has 1 aromatic heterocycles. The average Bonchev–Trinajstić information content (AvgIpc) is 3.15. The number of fused-ring (bicyclic) bond motifs is 1. The van der Waals surface area contributed by atoms with Crippen LogP contribution in [0.4, 0.5) is 0 Å². The van der Waals surface area contributed by atoms with Gasteiger partial charge >= 0.3 is 5.97 Å². The molecular formula is C22H27IN4O2. The SMILES string of the molecule is CCNC(=NCc1ccc(C(=O)OC)cc1)NCCc1c[nH]c2ccccc12.I. The topological polar surface area (TPSA) is 78.5 Å². The van der Waals surface area contributed by atoms with E-state index in [9.17, 15) is 4.79 Å². The molecule has 0 aliphatic carbocycles. The molecule has 0 aliphatic rings. The number of benzene rings is 2. The summed E-state index contributed by atoms with van der Waals surface area (Å²) in [5, 5.41) is 7.91. The second kappa shape index (κ2) is 11.5. The summed E-state index contributed by atoms with van der Waals surface area (Å²) in [6.45, 7) is 4.15. The van der Waals surface area contributed by atoms with Crippen LogP contribution < -0.4 is 10.6 Å². The van der Waals surface area contributed by atoms with Crippen molar-refractivity contribution in [2.45, 2.75) is 19.9 Å². The van der Waals surface area contributed by atoms with Crippen molar-refractivity contribution in [1.29, 1.82) is 0 Å². The van der Waals surface area contributed by atoms with Crippen LogP contribution in [-0.4, -0.2) is 37.1 Å². The molecule has 0 spiro atoms. The maximum absolute atomic E-state index is 11.5. The molecule has 0 fully saturated rings. The number of carbonyl (C=O) groups is 1. The zero-order chi connectivity index (χ0) is 19.8. The summed E-state index contributed by atoms with van der Waals surface area (Å²) in [4.78, 5) is 19.4. The number of nitrogens with zero attached hydrogens (tertiary/aromatic N) is 1. The minimum atomic E-state index is -0.331. The first kappa shape index (κ1) is 22.7. The van der Waals surface area contributed by atoms with Crippen molar-refractivity contribution in [3.05, 3.63) is 71.4 Å². The number of para-hydroxylation sites is 1. The van der Waals surface area contributed by atoms with Gasteiger partial charge in [0.1, 0.15) is 0 Å². The highest BCUT2D eigenvalue weighted by atomic mass is 127. The molecule has 0 amide bonds. The van der Waals surface area contributed by atoms with Gasteiger partial charge in [0, 0.05) is 30.2 Å². The molecule has 0 atom stereocenters. The molecule has 0 bridgehead atoms. The van der Waals surface area contributed by atoms with Crippen LogP contribution in [0.2, 0.25) is 0 Å². The van der Waals surface area contributed by atoms with Crippen LogP contribution >= 0.6 is 24.0 Å². The Bertz CT molecular complexity index is 951. The lowest BCUT2D eigenvalue weighted by Gasteiger charge is -2.11. The van der Waals surface area contributed by atoms with Gasteiger partial charge in [0.25, 0.3) is 0 Å². The fourth-order valence-corrected chi connectivity index (χ4v) is 3.03. The zero-order valence-corrected chi connectivity index (χ0v) is 19.0. The van der Waals surface area contributed by atoms with Gasteiger partial charge < -0.3 is 20.4 Å². The molecule has 3 aromatic rings. The van der Waals surface area contributed by atoms with Crippen molar-refractivity contribution >= 4 is 46.8 Å². The van der Waals surface area contributed by atoms with E-state index < -0.39 is 0 Å². The highest BCUT2D eigenvalue weighted by Crippen LogP contribution is 2.17. The third kappa shape index (κ3) is 6.22. The number of ether oxygens (including phenoxy) is 1. The van der Waals surface area contributed by atoms with E-state index >= 15 is 0 Å². The van der Waals surface area contributed by atoms with E-state index in [1.807, 2.05) is 25.1 Å². The molecule has 0 saturated heterocycles. The van der Waals surface area contributed by atoms with E-state index in [0.29, 0.717) is 12.1 Å². The fourth-order valence-electron chi connectivity index (χ4n) is 3.03. The van der Waals surface area contributed by atoms with E-state index in [0.717, 1.165) is 36.6 Å². The van der Waals surface area contributed by atoms with Crippen LogP contribution in [0.25, 0.3) is 10.9 Å². The third-order valence-electron chi connectivity index (χ3n) is 4.50. The van der Waals surface area contributed by atoms with Crippen molar-refractivity contribution in [2.75, 3.05) is 20.2 Å². The summed E-state index contributed by atoms with van der Waals surface area (Å²) >= 11 is 0. The molecule has 154 valence electrons. The minimum Gasteiger partial charge on any atom is -0.465 e. The Kier molecular flexibility index (Phi) is 8.98. The number of guanidine groups is 1. The second-order valence-corrected chi connectivity index (χ2v) is 6.42. The number of aromatic nitrogens is 1. The quantitative estimate of drug-likeness (QED) is 0.197. The number of methoxy groups -OCH3 is 1. The predicted molar refractivity (Wildman–Crippen MR) is 128 cm³/mol. The fraction of sp³-hybridized carbons (Fsp3) is 0.273. The van der Waals surface area contributed by atoms with Crippen LogP contribution in [0.15, 0.2) is 59.7 Å². The molecular weight excluding hydrogens is 479 g/mol. The molecule has 7 heteroatoms. The molecule has 0 unspecified atom stereocenters. The Hall–Kier alpha value is -2.55. The number of aliphatic imine (C=N–C) groups is 1. The first-order valence-corrected chi connectivity index (χ1v) is 9.45. The van der Waals surface area contributed by atoms with Crippen molar-refractivity contribution in [3.8, 4) is 0 Å². The van der Waals surface area contributed by atoms with Gasteiger partial charge in [-0.1, -0.05) is 30.3 Å². The molecule has 1 heterocycles. The Morgan fingerprint density at radius 2 is 1.86 bits per heavy atom. The van der Waals surface area contributed by atoms with Crippen molar-refractivity contribution < 1.29 is 9.53 Å². The van der Waals surface area contributed by atoms with Gasteiger partial charge in [-0.2, -0.15) is 0 Å². The number of H-pyrrole nitrogens is 1. The van der Waals surface area contributed by atoms with Gasteiger partial charge in [-0.25, -0.2) is 9.79 Å². The van der Waals surface area contributed by atoms with Crippen LogP contribution in [-0.2, 0) is 17.7 Å². The van der Waals surface area contributed by atoms with Gasteiger partial charge in [-0.15, -0.1) is 24.0 Å². The first-order chi connectivity index (χ1) is 13.7. The molecule has 6 nitrogen and oxygen atoms in total. The maximum atomic E-state index is 11.5. The lowest BCUT2D eigenvalue weighted by atomic mass is 10.1. The Morgan fingerprint density at radius 3 is 2.59 bits per heavy atom. The average molecular weight is 506 g/mol. The molecule has 0 aliphatic heterocycles. The van der Waals surface area contributed by atoms with E-state index in [1.54, 1.807) is 12.1 Å². The molecule has 3 N–H and O–H groups in total. The minimum absolute atomic E-state index is 0. The van der Waals surface area contributed by atoms with E-state index in [4.69, 9.17) is 4.74 Å². The van der Waals surface area contributed by atoms with Crippen LogP contribution in [0.1, 0.15) is 28.4 Å². The number of aromatic amines is 1. The molecule has 3 rings (SSSR count). The number of halogens is 1. The maximum Gasteiger partial charge on any atom is 0.337 e. The zero-order valence-electron chi connectivity index (χ0n) is 16.7. The molecule has 0 saturated carbocycles. The largest absolute Gasteiger partial charge is 0.465 e. The number of hydrogen-bond donors (Lipinski definition) is 3. The highest BCUT2D eigenvalue weighted by molar-refractivity contribution is 14.0. The van der Waals surface area contributed by atoms with Crippen LogP contribution in [0.3, 0.4) is 0 Å². The van der Waals surface area contributed by atoms with E-state index in [2.05, 4.69) is 45.0 Å². The summed E-state index contributed by atoms with van der Waals surface area (Å²) in [5.41, 5.74) is 4.02. The highest BCUT2D eigenvalue weighted by Gasteiger charge is 2.05. The molecule has 2 aromatic carbocycles. The van der Waals surface area contributed by atoms with Gasteiger partial charge in [0.15, 0.2) is 5.96 Å². The summed E-state index contributed by atoms with van der Waals surface area (Å²) in [6, 6.07) is 15.6. The Balaban J connectivity index is 0.00000300. The van der Waals surface area contributed by atoms with E-state index in [-0.39, 0.29) is 29.9 Å². The number of nitrogens with one attached hydrogen (secondary N) is 3. The standard InChI is InChI=1S/C22H26N4O2.HI/c1-3-23-22(26-14-16-8-10-17(11-9-16)21(27)28-2)24-13-12-18-15-25-20-7-5-4-6-19(18)20;/h4-11,15,25H,3,12-14H2,1-2H3,(H2,23,24,26);1H. The van der Waals surface area contributed by atoms with Gasteiger partial charge in [0.2, 0.25) is 0 Å². The van der Waals surface area contributed by atoms with Gasteiger partial charge in [-0.05, 0) is 42.7 Å². The monoisotopic (exact) mass is 506 g/mol. The van der Waals surface area contributed by atoms with Crippen molar-refractivity contribution in [3.63, 3.8) is 0 Å². The van der Waals surface area contributed by atoms with Gasteiger partial charge in [0.05, 0.1) is 19.2 Å². The molecule has 0 radical (unpaired) electrons. The van der Waals surface area contributed by atoms with Crippen molar-refractivity contribution in [2.24, 2.45) is 4.99 Å². The lowest BCUT2D eigenvalue weighted by Crippen LogP contribution is -2.38. The van der Waals surface area contributed by atoms with Crippen LogP contribution in [0, 0.1) is 0 Å². The number of hydrogen-bond acceptors (Lipinski definition) is 3. The summed E-state index contributed by atoms with van der Waals surface area (Å²) < 4.78 is 4.72. The number of esters is 1. The predicted octanol–water partition coefficient (Wildman–Crippen LogP) is 3.87. The van der Waals surface area contributed by atoms with Gasteiger partial charge in [-0.3, -0.25) is 0 Å². The Morgan fingerprint density at radius 1 is 1.10 bits per heavy atom. The van der Waals surface area contributed by atoms with Crippen molar-refractivity contribution in [1.82, 2.24) is 15.6 Å². The van der Waals surface area contributed by atoms with E-state index in [1.165, 1.54) is 18.1 Å². The normalized spacial score (nSPS) is 11.0. The summed E-state index contributed by atoms with van der Waals surface area (Å²) in [7, 11) is 1.38. The lowest BCUT2D eigenvalue weighted by molar-refractivity contribution is 0.0600. The Labute approximate surface area is 188 Å². The number of carbonyl (C=O) groups excluding carboxylic acids is 1. The summed E-state index contributed by atoms with van der Waals surface area (Å²) in [5.74, 6) is 0.446. The third-order valence-corrected chi connectivity index (χ3v) is 4.50.